The number of carboxylic acids is 1. The molecule has 3 N–H and O–H groups in total. The molecule has 0 saturated heterocycles. The fourth-order valence-electron chi connectivity index (χ4n) is 1.20. The van der Waals surface area contributed by atoms with Crippen molar-refractivity contribution >= 4 is 30.4 Å². The highest BCUT2D eigenvalue weighted by Gasteiger charge is 2.15. The van der Waals surface area contributed by atoms with Gasteiger partial charge in [-0.2, -0.15) is 12.6 Å². The molecule has 0 bridgehead atoms. The van der Waals surface area contributed by atoms with Crippen molar-refractivity contribution in [2.24, 2.45) is 5.92 Å². The van der Waals surface area contributed by atoms with Crippen LogP contribution in [0.2, 0.25) is 0 Å². The van der Waals surface area contributed by atoms with Crippen molar-refractivity contribution in [2.75, 3.05) is 18.1 Å². The second kappa shape index (κ2) is 15.1. The molecule has 0 rings (SSSR count). The first-order chi connectivity index (χ1) is 8.53. The maximum Gasteiger partial charge on any atom is 0.343 e. The molecule has 0 aliphatic carbocycles. The maximum absolute atomic E-state index is 10.3. The molecule has 0 aliphatic rings. The van der Waals surface area contributed by atoms with E-state index in [0.29, 0.717) is 11.7 Å². The molecule has 6 heteroatoms. The normalized spacial score (nSPS) is 13.4. The third kappa shape index (κ3) is 14.2. The SMILES string of the molecule is CCCCC(CC)CSC(O)C(=O)O.OCCS. The highest BCUT2D eigenvalue weighted by atomic mass is 32.2. The summed E-state index contributed by atoms with van der Waals surface area (Å²) >= 11 is 4.79. The molecular formula is C12H26O4S2. The van der Waals surface area contributed by atoms with Gasteiger partial charge in [0.1, 0.15) is 0 Å². The van der Waals surface area contributed by atoms with E-state index in [1.165, 1.54) is 12.8 Å². The minimum Gasteiger partial charge on any atom is -0.479 e. The number of aliphatic hydroxyl groups is 2. The average Bonchev–Trinajstić information content (AvgIpc) is 2.38. The van der Waals surface area contributed by atoms with Crippen molar-refractivity contribution in [3.8, 4) is 0 Å². The molecule has 0 amide bonds. The molecule has 0 saturated carbocycles. The minimum absolute atomic E-state index is 0.184. The lowest BCUT2D eigenvalue weighted by atomic mass is 10.0. The first-order valence-corrected chi connectivity index (χ1v) is 7.95. The van der Waals surface area contributed by atoms with Crippen molar-refractivity contribution in [3.63, 3.8) is 0 Å². The van der Waals surface area contributed by atoms with Gasteiger partial charge in [-0.25, -0.2) is 4.79 Å². The Morgan fingerprint density at radius 2 is 1.94 bits per heavy atom. The Morgan fingerprint density at radius 3 is 2.28 bits per heavy atom. The standard InChI is InChI=1S/C10H20O3S.C2H6OS/c1-3-5-6-8(4-2)7-14-10(13)9(11)12;3-1-2-4/h8,10,13H,3-7H2,1-2H3,(H,11,12);3-4H,1-2H2. The third-order valence-corrected chi connectivity index (χ3v) is 3.73. The van der Waals surface area contributed by atoms with Gasteiger partial charge in [-0.3, -0.25) is 0 Å². The summed E-state index contributed by atoms with van der Waals surface area (Å²) in [7, 11) is 0. The molecule has 0 radical (unpaired) electrons. The quantitative estimate of drug-likeness (QED) is 0.388. The summed E-state index contributed by atoms with van der Waals surface area (Å²) in [6.07, 6.45) is 4.54. The lowest BCUT2D eigenvalue weighted by Gasteiger charge is -2.14. The lowest BCUT2D eigenvalue weighted by molar-refractivity contribution is -0.141. The van der Waals surface area contributed by atoms with Crippen LogP contribution in [0.4, 0.5) is 0 Å². The molecule has 0 aliphatic heterocycles. The van der Waals surface area contributed by atoms with E-state index >= 15 is 0 Å². The fourth-order valence-corrected chi connectivity index (χ4v) is 2.20. The smallest absolute Gasteiger partial charge is 0.343 e. The van der Waals surface area contributed by atoms with E-state index in [4.69, 9.17) is 15.3 Å². The van der Waals surface area contributed by atoms with Gasteiger partial charge in [0.05, 0.1) is 6.61 Å². The lowest BCUT2D eigenvalue weighted by Crippen LogP contribution is -2.17. The minimum atomic E-state index is -1.26. The number of hydrogen-bond acceptors (Lipinski definition) is 5. The number of aliphatic carboxylic acids is 1. The van der Waals surface area contributed by atoms with Gasteiger partial charge in [0.15, 0.2) is 5.44 Å². The van der Waals surface area contributed by atoms with Crippen LogP contribution in [-0.4, -0.2) is 44.8 Å². The predicted octanol–water partition coefficient (Wildman–Crippen LogP) is 2.25. The Morgan fingerprint density at radius 1 is 1.39 bits per heavy atom. The number of carboxylic acid groups (broad SMARTS) is 1. The van der Waals surface area contributed by atoms with Gasteiger partial charge in [-0.1, -0.05) is 33.1 Å². The monoisotopic (exact) mass is 298 g/mol. The van der Waals surface area contributed by atoms with Crippen LogP contribution in [0, 0.1) is 5.92 Å². The maximum atomic E-state index is 10.3. The molecule has 0 aromatic rings. The molecule has 2 atom stereocenters. The summed E-state index contributed by atoms with van der Waals surface area (Å²) in [5.74, 6) is 0.707. The van der Waals surface area contributed by atoms with Crippen LogP contribution < -0.4 is 0 Å². The number of rotatable bonds is 9. The summed E-state index contributed by atoms with van der Waals surface area (Å²) in [4.78, 5) is 10.3. The third-order valence-electron chi connectivity index (χ3n) is 2.34. The zero-order valence-corrected chi connectivity index (χ0v) is 12.9. The van der Waals surface area contributed by atoms with Gasteiger partial charge in [0.25, 0.3) is 0 Å². The number of thioether (sulfide) groups is 1. The Bertz CT molecular complexity index is 189. The molecule has 4 nitrogen and oxygen atoms in total. The van der Waals surface area contributed by atoms with E-state index < -0.39 is 11.4 Å². The second-order valence-electron chi connectivity index (χ2n) is 3.89. The number of aliphatic hydroxyl groups excluding tert-OH is 2. The van der Waals surface area contributed by atoms with Crippen LogP contribution in [-0.2, 0) is 4.79 Å². The Kier molecular flexibility index (Phi) is 17.2. The van der Waals surface area contributed by atoms with Crippen LogP contribution >= 0.6 is 24.4 Å². The molecule has 0 heterocycles. The van der Waals surface area contributed by atoms with Crippen LogP contribution in [0.15, 0.2) is 0 Å². The van der Waals surface area contributed by atoms with Crippen LogP contribution in [0.1, 0.15) is 39.5 Å². The van der Waals surface area contributed by atoms with Crippen molar-refractivity contribution in [1.29, 1.82) is 0 Å². The molecule has 2 unspecified atom stereocenters. The molecule has 110 valence electrons. The van der Waals surface area contributed by atoms with Gasteiger partial charge in [0, 0.05) is 5.75 Å². The average molecular weight is 298 g/mol. The van der Waals surface area contributed by atoms with Crippen molar-refractivity contribution in [3.05, 3.63) is 0 Å². The Balaban J connectivity index is 0. The number of thiol groups is 1. The Hall–Kier alpha value is 0.0900. The fraction of sp³-hybridized carbons (Fsp3) is 0.917. The number of unbranched alkanes of at least 4 members (excludes halogenated alkanes) is 1. The summed E-state index contributed by atoms with van der Waals surface area (Å²) in [6, 6.07) is 0. The van der Waals surface area contributed by atoms with Crippen molar-refractivity contribution in [1.82, 2.24) is 0 Å². The zero-order valence-electron chi connectivity index (χ0n) is 11.2. The molecule has 0 aromatic heterocycles. The molecular weight excluding hydrogens is 272 g/mol. The van der Waals surface area contributed by atoms with Crippen LogP contribution in [0.5, 0.6) is 0 Å². The van der Waals surface area contributed by atoms with E-state index in [1.54, 1.807) is 0 Å². The van der Waals surface area contributed by atoms with Crippen molar-refractivity contribution < 1.29 is 20.1 Å². The van der Waals surface area contributed by atoms with Crippen molar-refractivity contribution in [2.45, 2.75) is 45.0 Å². The highest BCUT2D eigenvalue weighted by molar-refractivity contribution is 8.00. The molecule has 18 heavy (non-hydrogen) atoms. The zero-order chi connectivity index (χ0) is 14.4. The second-order valence-corrected chi connectivity index (χ2v) is 5.45. The molecule has 0 aromatic carbocycles. The van der Waals surface area contributed by atoms with E-state index in [1.807, 2.05) is 0 Å². The van der Waals surface area contributed by atoms with Crippen LogP contribution in [0.25, 0.3) is 0 Å². The first-order valence-electron chi connectivity index (χ1n) is 6.27. The topological polar surface area (TPSA) is 77.8 Å². The molecule has 0 fully saturated rings. The van der Waals surface area contributed by atoms with Gasteiger partial charge >= 0.3 is 5.97 Å². The molecule has 0 spiro atoms. The first kappa shape index (κ1) is 20.4. The van der Waals surface area contributed by atoms with Gasteiger partial charge in [-0.05, 0) is 18.1 Å². The highest BCUT2D eigenvalue weighted by Crippen LogP contribution is 2.20. The van der Waals surface area contributed by atoms with Gasteiger partial charge < -0.3 is 15.3 Å². The predicted molar refractivity (Wildman–Crippen MR) is 80.3 cm³/mol. The van der Waals surface area contributed by atoms with E-state index in [0.717, 1.165) is 30.4 Å². The summed E-state index contributed by atoms with van der Waals surface area (Å²) in [6.45, 7) is 4.43. The van der Waals surface area contributed by atoms with E-state index in [2.05, 4.69) is 26.5 Å². The summed E-state index contributed by atoms with van der Waals surface area (Å²) in [5.41, 5.74) is -1.26. The van der Waals surface area contributed by atoms with Gasteiger partial charge in [0.2, 0.25) is 0 Å². The Labute approximate surface area is 120 Å². The summed E-state index contributed by atoms with van der Waals surface area (Å²) in [5, 5.41) is 25.3. The van der Waals surface area contributed by atoms with Crippen LogP contribution in [0.3, 0.4) is 0 Å². The van der Waals surface area contributed by atoms with E-state index in [-0.39, 0.29) is 6.61 Å². The number of carbonyl (C=O) groups is 1. The number of hydrogen-bond donors (Lipinski definition) is 4. The summed E-state index contributed by atoms with van der Waals surface area (Å²) < 4.78 is 0. The van der Waals surface area contributed by atoms with Gasteiger partial charge in [-0.15, -0.1) is 11.8 Å². The van der Waals surface area contributed by atoms with E-state index in [9.17, 15) is 4.79 Å². The largest absolute Gasteiger partial charge is 0.479 e.